The van der Waals surface area contributed by atoms with Gasteiger partial charge in [0.25, 0.3) is 11.7 Å². The maximum absolute atomic E-state index is 14.8. The molecule has 2 aromatic heterocycles. The number of nitrogens with zero attached hydrogens (tertiary/aromatic N) is 5. The number of hydrogen-bond donors (Lipinski definition) is 1. The van der Waals surface area contributed by atoms with E-state index < -0.39 is 17.5 Å². The molecule has 0 bridgehead atoms. The number of aromatic nitrogens is 4. The van der Waals surface area contributed by atoms with Crippen molar-refractivity contribution >= 4 is 28.7 Å². The topological polar surface area (TPSA) is 118 Å². The number of benzene rings is 2. The molecule has 4 aromatic rings. The van der Waals surface area contributed by atoms with E-state index in [-0.39, 0.29) is 17.7 Å². The average Bonchev–Trinajstić information content (AvgIpc) is 3.49. The number of ether oxygens (including phenoxy) is 3. The fraction of sp³-hybridized carbons (Fsp3) is 0.400. The number of para-hydroxylation sites is 1. The highest BCUT2D eigenvalue weighted by Gasteiger charge is 2.43. The largest absolute Gasteiger partial charge is 0.444 e. The van der Waals surface area contributed by atoms with Crippen LogP contribution in [-0.4, -0.2) is 56.9 Å². The third-order valence-electron chi connectivity index (χ3n) is 8.09. The number of imidazole rings is 1. The number of likely N-dealkylation sites (tertiary alicyclic amines) is 1. The molecule has 2 aromatic carbocycles. The number of halogens is 2. The van der Waals surface area contributed by atoms with Crippen molar-refractivity contribution in [1.29, 1.82) is 0 Å². The standard InChI is InChI=1S/C30H32ClFN6O4/c1-17(40-3)15-38-26(34-24-14-23(28(33)39)35-36-29(24)38)16-37-11-9-18(10-12-37)20-5-4-6-25-27(20)42-30(2,41-25)21-8-7-19(31)13-22(21)32/h4-8,13-14,17-18H,9-12,15-16H2,1-3H3,(H2,33,39). The molecular weight excluding hydrogens is 563 g/mol. The molecule has 1 saturated heterocycles. The van der Waals surface area contributed by atoms with Gasteiger partial charge in [-0.25, -0.2) is 9.37 Å². The van der Waals surface area contributed by atoms with E-state index in [1.807, 2.05) is 23.6 Å². The van der Waals surface area contributed by atoms with Gasteiger partial charge in [0, 0.05) is 30.7 Å². The molecule has 0 radical (unpaired) electrons. The van der Waals surface area contributed by atoms with E-state index in [2.05, 4.69) is 21.2 Å². The first-order valence-corrected chi connectivity index (χ1v) is 14.3. The summed E-state index contributed by atoms with van der Waals surface area (Å²) < 4.78 is 34.8. The van der Waals surface area contributed by atoms with Crippen LogP contribution in [0.3, 0.4) is 0 Å². The maximum atomic E-state index is 14.8. The van der Waals surface area contributed by atoms with Crippen molar-refractivity contribution in [2.24, 2.45) is 5.73 Å². The van der Waals surface area contributed by atoms with Gasteiger partial charge in [0.2, 0.25) is 0 Å². The third-order valence-corrected chi connectivity index (χ3v) is 8.33. The first kappa shape index (κ1) is 28.3. The number of fused-ring (bicyclic) bond motifs is 2. The highest BCUT2D eigenvalue weighted by Crippen LogP contribution is 2.49. The Balaban J connectivity index is 1.19. The van der Waals surface area contributed by atoms with Crippen LogP contribution < -0.4 is 15.2 Å². The van der Waals surface area contributed by atoms with Crippen LogP contribution in [0.4, 0.5) is 4.39 Å². The van der Waals surface area contributed by atoms with Crippen LogP contribution in [0.2, 0.25) is 5.02 Å². The molecule has 220 valence electrons. The van der Waals surface area contributed by atoms with Crippen molar-refractivity contribution in [3.8, 4) is 11.5 Å². The van der Waals surface area contributed by atoms with Gasteiger partial charge in [0.1, 0.15) is 17.2 Å². The van der Waals surface area contributed by atoms with Crippen molar-refractivity contribution in [1.82, 2.24) is 24.6 Å². The summed E-state index contributed by atoms with van der Waals surface area (Å²) in [4.78, 5) is 18.8. The minimum Gasteiger partial charge on any atom is -0.444 e. The zero-order valence-corrected chi connectivity index (χ0v) is 24.4. The van der Waals surface area contributed by atoms with Gasteiger partial charge in [0.05, 0.1) is 24.8 Å². The van der Waals surface area contributed by atoms with Gasteiger partial charge >= 0.3 is 0 Å². The van der Waals surface area contributed by atoms with Crippen LogP contribution in [0, 0.1) is 5.82 Å². The zero-order valence-electron chi connectivity index (χ0n) is 23.6. The molecule has 6 rings (SSSR count). The summed E-state index contributed by atoms with van der Waals surface area (Å²) in [6, 6.07) is 11.9. The van der Waals surface area contributed by atoms with Crippen molar-refractivity contribution in [3.63, 3.8) is 0 Å². The van der Waals surface area contributed by atoms with Gasteiger partial charge in [-0.2, -0.15) is 0 Å². The minimum absolute atomic E-state index is 0.0704. The number of piperidine rings is 1. The molecule has 4 heterocycles. The number of carbonyl (C=O) groups excluding carboxylic acids is 1. The molecule has 2 aliphatic rings. The minimum atomic E-state index is -1.29. The predicted molar refractivity (Wildman–Crippen MR) is 154 cm³/mol. The van der Waals surface area contributed by atoms with Crippen LogP contribution in [0.15, 0.2) is 42.5 Å². The van der Waals surface area contributed by atoms with E-state index in [9.17, 15) is 9.18 Å². The lowest BCUT2D eigenvalue weighted by atomic mass is 9.88. The second-order valence-electron chi connectivity index (χ2n) is 11.0. The number of methoxy groups -OCH3 is 1. The molecule has 0 saturated carbocycles. The SMILES string of the molecule is COC(C)Cn1c(CN2CCC(c3cccc4c3OC(C)(c3ccc(Cl)cc3F)O4)CC2)nc2cc(C(N)=O)nnc21. The lowest BCUT2D eigenvalue weighted by Crippen LogP contribution is -2.34. The first-order chi connectivity index (χ1) is 20.1. The molecule has 2 atom stereocenters. The number of carbonyl (C=O) groups is 1. The number of hydrogen-bond acceptors (Lipinski definition) is 8. The molecule has 1 amide bonds. The fourth-order valence-electron chi connectivity index (χ4n) is 5.78. The number of rotatable bonds is 8. The van der Waals surface area contributed by atoms with Gasteiger partial charge in [0.15, 0.2) is 22.8 Å². The van der Waals surface area contributed by atoms with Gasteiger partial charge < -0.3 is 24.5 Å². The Kier molecular flexibility index (Phi) is 7.50. The van der Waals surface area contributed by atoms with Crippen molar-refractivity contribution < 1.29 is 23.4 Å². The monoisotopic (exact) mass is 594 g/mol. The number of primary amides is 1. The Labute approximate surface area is 247 Å². The Hall–Kier alpha value is -3.80. The molecule has 12 heteroatoms. The Bertz CT molecular complexity index is 1660. The van der Waals surface area contributed by atoms with Crippen LogP contribution in [0.25, 0.3) is 11.2 Å². The van der Waals surface area contributed by atoms with Gasteiger partial charge in [-0.1, -0.05) is 23.7 Å². The van der Waals surface area contributed by atoms with Gasteiger partial charge in [-0.15, -0.1) is 10.2 Å². The summed E-state index contributed by atoms with van der Waals surface area (Å²) in [5.41, 5.74) is 8.00. The van der Waals surface area contributed by atoms with Crippen molar-refractivity contribution in [2.75, 3.05) is 20.2 Å². The molecule has 2 N–H and O–H groups in total. The smallest absolute Gasteiger partial charge is 0.278 e. The Morgan fingerprint density at radius 2 is 2.00 bits per heavy atom. The van der Waals surface area contributed by atoms with E-state index in [0.717, 1.165) is 37.3 Å². The molecular formula is C30H32ClFN6O4. The summed E-state index contributed by atoms with van der Waals surface area (Å²) >= 11 is 5.96. The quantitative estimate of drug-likeness (QED) is 0.310. The van der Waals surface area contributed by atoms with Gasteiger partial charge in [-0.3, -0.25) is 9.69 Å². The molecule has 2 unspecified atom stereocenters. The normalized spacial score (nSPS) is 19.8. The second kappa shape index (κ2) is 11.1. The number of nitrogens with two attached hydrogens (primary N) is 1. The summed E-state index contributed by atoms with van der Waals surface area (Å²) in [7, 11) is 1.66. The fourth-order valence-corrected chi connectivity index (χ4v) is 5.93. The first-order valence-electron chi connectivity index (χ1n) is 13.9. The predicted octanol–water partition coefficient (Wildman–Crippen LogP) is 4.78. The van der Waals surface area contributed by atoms with Crippen molar-refractivity contribution in [3.05, 3.63) is 75.9 Å². The highest BCUT2D eigenvalue weighted by atomic mass is 35.5. The molecule has 1 fully saturated rings. The van der Waals surface area contributed by atoms with Crippen LogP contribution in [0.5, 0.6) is 11.5 Å². The average molecular weight is 595 g/mol. The second-order valence-corrected chi connectivity index (χ2v) is 11.4. The Morgan fingerprint density at radius 3 is 2.71 bits per heavy atom. The molecule has 0 aliphatic carbocycles. The highest BCUT2D eigenvalue weighted by molar-refractivity contribution is 6.30. The molecule has 0 spiro atoms. The van der Waals surface area contributed by atoms with E-state index in [0.29, 0.717) is 46.3 Å². The Morgan fingerprint density at radius 1 is 1.21 bits per heavy atom. The van der Waals surface area contributed by atoms with Crippen molar-refractivity contribution in [2.45, 2.75) is 57.6 Å². The molecule has 2 aliphatic heterocycles. The third kappa shape index (κ3) is 5.28. The van der Waals surface area contributed by atoms with E-state index in [1.54, 1.807) is 32.2 Å². The van der Waals surface area contributed by atoms with E-state index in [4.69, 9.17) is 36.5 Å². The van der Waals surface area contributed by atoms with E-state index in [1.165, 1.54) is 6.07 Å². The summed E-state index contributed by atoms with van der Waals surface area (Å²) in [5.74, 6) is -0.0848. The van der Waals surface area contributed by atoms with E-state index >= 15 is 0 Å². The zero-order chi connectivity index (χ0) is 29.6. The molecule has 10 nitrogen and oxygen atoms in total. The lowest BCUT2D eigenvalue weighted by molar-refractivity contribution is -0.0712. The summed E-state index contributed by atoms with van der Waals surface area (Å²) in [6.07, 6.45) is 1.72. The maximum Gasteiger partial charge on any atom is 0.278 e. The summed E-state index contributed by atoms with van der Waals surface area (Å²) in [5, 5.41) is 8.55. The van der Waals surface area contributed by atoms with Gasteiger partial charge in [-0.05, 0) is 63.0 Å². The molecule has 42 heavy (non-hydrogen) atoms. The van der Waals surface area contributed by atoms with Crippen LogP contribution >= 0.6 is 11.6 Å². The summed E-state index contributed by atoms with van der Waals surface area (Å²) in [6.45, 7) is 6.51. The number of amides is 1. The lowest BCUT2D eigenvalue weighted by Gasteiger charge is -2.32. The van der Waals surface area contributed by atoms with Crippen LogP contribution in [0.1, 0.15) is 60.0 Å². The van der Waals surface area contributed by atoms with Crippen LogP contribution in [-0.2, 0) is 23.6 Å².